The Morgan fingerprint density at radius 3 is 2.51 bits per heavy atom. The first-order valence-corrected chi connectivity index (χ1v) is 16.5. The minimum Gasteiger partial charge on any atom is -0.756 e. The van der Waals surface area contributed by atoms with Crippen LogP contribution in [-0.4, -0.2) is 98.2 Å². The summed E-state index contributed by atoms with van der Waals surface area (Å²) in [5, 5.41) is 20.5. The van der Waals surface area contributed by atoms with E-state index < -0.39 is 44.7 Å². The monoisotopic (exact) mass is 633 g/mol. The molecule has 0 aromatic heterocycles. The van der Waals surface area contributed by atoms with E-state index in [1.54, 1.807) is 12.2 Å². The summed E-state index contributed by atoms with van der Waals surface area (Å²) in [4.78, 5) is 48.0. The average Bonchev–Trinajstić information content (AvgIpc) is 3.17. The van der Waals surface area contributed by atoms with Crippen LogP contribution in [-0.2, 0) is 37.5 Å². The number of unbranched alkanes of at least 4 members (excludes halogenated alkanes) is 3. The van der Waals surface area contributed by atoms with Gasteiger partial charge in [-0.2, -0.15) is 0 Å². The summed E-state index contributed by atoms with van der Waals surface area (Å²) in [5.74, 6) is -1.94. The number of allylic oxidation sites excluding steroid dienone is 2. The Kier molecular flexibility index (Phi) is 18.3. The van der Waals surface area contributed by atoms with Gasteiger partial charge in [0.2, 0.25) is 0 Å². The zero-order valence-electron chi connectivity index (χ0n) is 26.4. The number of rotatable bonds is 22. The maximum Gasteiger partial charge on any atom is 0.305 e. The van der Waals surface area contributed by atoms with Crippen molar-refractivity contribution in [3.63, 3.8) is 0 Å². The third-order valence-electron chi connectivity index (χ3n) is 6.89. The third-order valence-corrected chi connectivity index (χ3v) is 7.86. The van der Waals surface area contributed by atoms with Gasteiger partial charge in [-0.05, 0) is 25.7 Å². The van der Waals surface area contributed by atoms with Crippen molar-refractivity contribution in [3.8, 4) is 0 Å². The van der Waals surface area contributed by atoms with Crippen LogP contribution in [0.25, 0.3) is 0 Å². The minimum atomic E-state index is -4.63. The molecule has 1 aliphatic carbocycles. The number of quaternary nitrogens is 1. The molecule has 0 heterocycles. The second kappa shape index (κ2) is 20.2. The van der Waals surface area contributed by atoms with Crippen LogP contribution in [0.3, 0.4) is 0 Å². The lowest BCUT2D eigenvalue weighted by atomic mass is 9.90. The molecule has 1 saturated carbocycles. The molecule has 0 bridgehead atoms. The summed E-state index contributed by atoms with van der Waals surface area (Å²) in [7, 11) is 1.00. The van der Waals surface area contributed by atoms with E-state index in [1.165, 1.54) is 0 Å². The van der Waals surface area contributed by atoms with Gasteiger partial charge in [-0.1, -0.05) is 50.5 Å². The van der Waals surface area contributed by atoms with Crippen LogP contribution in [0, 0.1) is 11.8 Å². The highest BCUT2D eigenvalue weighted by Gasteiger charge is 2.39. The molecule has 6 atom stereocenters. The van der Waals surface area contributed by atoms with Gasteiger partial charge >= 0.3 is 11.9 Å². The molecular weight excluding hydrogens is 581 g/mol. The number of ketones is 1. The zero-order chi connectivity index (χ0) is 32.5. The van der Waals surface area contributed by atoms with Gasteiger partial charge in [0.1, 0.15) is 25.5 Å². The number of esters is 2. The SMILES string of the molecule is CCCCC[C@H](O)/C=C/[C@H]1[C@H](O)CC(=O)[C@@H]1C/C=C\CCCC(=O)OC[C@H](COP(=O)([O-])OCC[N+](C)(C)C)OC(C)=O. The molecule has 43 heavy (non-hydrogen) atoms. The Morgan fingerprint density at radius 1 is 1.14 bits per heavy atom. The van der Waals surface area contributed by atoms with Gasteiger partial charge in [-0.15, -0.1) is 0 Å². The Balaban J connectivity index is 2.43. The number of phosphoric ester groups is 1. The van der Waals surface area contributed by atoms with Crippen molar-refractivity contribution in [1.29, 1.82) is 0 Å². The number of hydrogen-bond acceptors (Lipinski definition) is 11. The first kappa shape index (κ1) is 39.1. The van der Waals surface area contributed by atoms with Crippen molar-refractivity contribution >= 4 is 25.5 Å². The van der Waals surface area contributed by atoms with Crippen LogP contribution in [0.1, 0.15) is 71.6 Å². The smallest absolute Gasteiger partial charge is 0.305 e. The van der Waals surface area contributed by atoms with Gasteiger partial charge in [-0.3, -0.25) is 18.9 Å². The van der Waals surface area contributed by atoms with Crippen LogP contribution < -0.4 is 4.89 Å². The van der Waals surface area contributed by atoms with E-state index in [0.717, 1.165) is 26.2 Å². The normalized spacial score (nSPS) is 22.1. The number of phosphoric acid groups is 1. The van der Waals surface area contributed by atoms with Crippen molar-refractivity contribution in [2.75, 3.05) is 47.5 Å². The van der Waals surface area contributed by atoms with Crippen LogP contribution in [0.15, 0.2) is 24.3 Å². The molecule has 0 amide bonds. The summed E-state index contributed by atoms with van der Waals surface area (Å²) >= 11 is 0. The molecule has 0 spiro atoms. The Morgan fingerprint density at radius 2 is 1.86 bits per heavy atom. The number of nitrogens with zero attached hydrogens (tertiary/aromatic N) is 1. The maximum atomic E-state index is 12.4. The lowest BCUT2D eigenvalue weighted by Gasteiger charge is -2.28. The van der Waals surface area contributed by atoms with Crippen molar-refractivity contribution in [1.82, 2.24) is 0 Å². The third kappa shape index (κ3) is 18.5. The molecule has 0 radical (unpaired) electrons. The number of carbonyl (C=O) groups excluding carboxylic acids is 3. The summed E-state index contributed by atoms with van der Waals surface area (Å²) < 4.78 is 32.3. The fourth-order valence-corrected chi connectivity index (χ4v) is 5.18. The Labute approximate surface area is 256 Å². The van der Waals surface area contributed by atoms with Crippen LogP contribution in [0.2, 0.25) is 0 Å². The Bertz CT molecular complexity index is 962. The molecule has 13 heteroatoms. The number of aliphatic hydroxyl groups excluding tert-OH is 2. The minimum absolute atomic E-state index is 0.00813. The van der Waals surface area contributed by atoms with E-state index in [1.807, 2.05) is 33.3 Å². The first-order valence-electron chi connectivity index (χ1n) is 15.1. The van der Waals surface area contributed by atoms with Crippen LogP contribution >= 0.6 is 7.82 Å². The van der Waals surface area contributed by atoms with E-state index in [2.05, 4.69) is 6.92 Å². The standard InChI is InChI=1S/C30H52NO11P/c1-6-7-10-13-24(33)16-17-27-26(28(34)20-29(27)35)14-11-8-9-12-15-30(36)39-21-25(42-23(2)32)22-41-43(37,38)40-19-18-31(3,4)5/h8,11,16-17,24-27,29,33,35H,6-7,9-10,12-15,18-22H2,1-5H3/b11-8-,17-16+/t24-,25+,26+,27+,29+/m0/s1. The lowest BCUT2D eigenvalue weighted by molar-refractivity contribution is -0.870. The molecule has 1 unspecified atom stereocenters. The lowest BCUT2D eigenvalue weighted by Crippen LogP contribution is -2.37. The molecule has 0 saturated heterocycles. The predicted molar refractivity (Wildman–Crippen MR) is 158 cm³/mol. The molecule has 1 rings (SSSR count). The van der Waals surface area contributed by atoms with Crippen molar-refractivity contribution < 1.29 is 57.1 Å². The van der Waals surface area contributed by atoms with E-state index in [-0.39, 0.29) is 43.7 Å². The van der Waals surface area contributed by atoms with E-state index >= 15 is 0 Å². The quantitative estimate of drug-likeness (QED) is 0.0591. The van der Waals surface area contributed by atoms with Gasteiger partial charge in [-0.25, -0.2) is 0 Å². The van der Waals surface area contributed by atoms with E-state index in [4.69, 9.17) is 18.5 Å². The molecule has 0 aliphatic heterocycles. The van der Waals surface area contributed by atoms with Crippen LogP contribution in [0.4, 0.5) is 0 Å². The summed E-state index contributed by atoms with van der Waals surface area (Å²) in [6.07, 6.45) is 10.0. The average molecular weight is 634 g/mol. The molecule has 1 aliphatic rings. The number of carbonyl (C=O) groups is 3. The number of aliphatic hydroxyl groups is 2. The molecule has 1 fully saturated rings. The van der Waals surface area contributed by atoms with Gasteiger partial charge in [0.05, 0.1) is 40.0 Å². The molecule has 248 valence electrons. The number of hydrogen-bond donors (Lipinski definition) is 2. The molecule has 12 nitrogen and oxygen atoms in total. The Hall–Kier alpha value is -1.92. The second-order valence-electron chi connectivity index (χ2n) is 12.0. The highest BCUT2D eigenvalue weighted by atomic mass is 31.2. The van der Waals surface area contributed by atoms with Crippen molar-refractivity contribution in [2.24, 2.45) is 11.8 Å². The largest absolute Gasteiger partial charge is 0.756 e. The fourth-order valence-electron chi connectivity index (χ4n) is 4.46. The van der Waals surface area contributed by atoms with Crippen molar-refractivity contribution in [2.45, 2.75) is 89.9 Å². The molecule has 2 N–H and O–H groups in total. The molecule has 0 aromatic rings. The van der Waals surface area contributed by atoms with Gasteiger partial charge in [0, 0.05) is 31.6 Å². The first-order chi connectivity index (χ1) is 20.1. The van der Waals surface area contributed by atoms with Crippen LogP contribution in [0.5, 0.6) is 0 Å². The van der Waals surface area contributed by atoms with E-state index in [0.29, 0.717) is 36.7 Å². The van der Waals surface area contributed by atoms with Gasteiger partial charge in [0.15, 0.2) is 6.10 Å². The number of Topliss-reactive ketones (excluding diaryl/α,β-unsaturated/α-hetero) is 1. The fraction of sp³-hybridized carbons (Fsp3) is 0.767. The molecular formula is C30H52NO11P. The van der Waals surface area contributed by atoms with Gasteiger partial charge < -0.3 is 38.1 Å². The second-order valence-corrected chi connectivity index (χ2v) is 13.4. The van der Waals surface area contributed by atoms with Gasteiger partial charge in [0.25, 0.3) is 7.82 Å². The number of likely N-dealkylation sites (N-methyl/N-ethyl adjacent to an activating group) is 1. The maximum absolute atomic E-state index is 12.4. The zero-order valence-corrected chi connectivity index (χ0v) is 27.2. The predicted octanol–water partition coefficient (Wildman–Crippen LogP) is 2.85. The van der Waals surface area contributed by atoms with Crippen molar-refractivity contribution in [3.05, 3.63) is 24.3 Å². The number of ether oxygens (including phenoxy) is 2. The summed E-state index contributed by atoms with van der Waals surface area (Å²) in [6, 6.07) is 0. The highest BCUT2D eigenvalue weighted by Crippen LogP contribution is 2.38. The topological polar surface area (TPSA) is 169 Å². The summed E-state index contributed by atoms with van der Waals surface area (Å²) in [6.45, 7) is 2.67. The highest BCUT2D eigenvalue weighted by molar-refractivity contribution is 7.45. The van der Waals surface area contributed by atoms with E-state index in [9.17, 15) is 34.1 Å². The summed E-state index contributed by atoms with van der Waals surface area (Å²) in [5.41, 5.74) is 0. The molecule has 0 aromatic carbocycles.